The van der Waals surface area contributed by atoms with Crippen molar-refractivity contribution in [2.24, 2.45) is 0 Å². The first-order valence-electron chi connectivity index (χ1n) is 6.36. The fourth-order valence-electron chi connectivity index (χ4n) is 2.24. The van der Waals surface area contributed by atoms with Crippen molar-refractivity contribution >= 4 is 0 Å². The lowest BCUT2D eigenvalue weighted by Crippen LogP contribution is -2.44. The van der Waals surface area contributed by atoms with Gasteiger partial charge in [-0.3, -0.25) is 4.68 Å². The SMILES string of the molecule is CCn1cc(CC(O)C(CC)(CC)OC)cn1. The van der Waals surface area contributed by atoms with Crippen molar-refractivity contribution in [1.82, 2.24) is 9.78 Å². The maximum absolute atomic E-state index is 10.3. The van der Waals surface area contributed by atoms with Gasteiger partial charge in [0, 0.05) is 26.3 Å². The number of rotatable bonds is 7. The van der Waals surface area contributed by atoms with Gasteiger partial charge in [-0.1, -0.05) is 13.8 Å². The highest BCUT2D eigenvalue weighted by Crippen LogP contribution is 2.26. The maximum atomic E-state index is 10.3. The molecule has 0 aliphatic carbocycles. The molecule has 0 saturated carbocycles. The summed E-state index contributed by atoms with van der Waals surface area (Å²) < 4.78 is 7.40. The molecule has 0 bridgehead atoms. The third-order valence-corrected chi connectivity index (χ3v) is 3.65. The molecule has 1 aromatic rings. The fraction of sp³-hybridized carbons (Fsp3) is 0.769. The maximum Gasteiger partial charge on any atom is 0.0934 e. The summed E-state index contributed by atoms with van der Waals surface area (Å²) in [5, 5.41) is 14.5. The minimum absolute atomic E-state index is 0.436. The summed E-state index contributed by atoms with van der Waals surface area (Å²) in [5.74, 6) is 0. The summed E-state index contributed by atoms with van der Waals surface area (Å²) >= 11 is 0. The summed E-state index contributed by atoms with van der Waals surface area (Å²) in [6.45, 7) is 7.00. The molecule has 0 spiro atoms. The number of aromatic nitrogens is 2. The van der Waals surface area contributed by atoms with E-state index in [-0.39, 0.29) is 0 Å². The molecule has 0 aliphatic heterocycles. The Bertz CT molecular complexity index is 324. The Morgan fingerprint density at radius 1 is 1.41 bits per heavy atom. The van der Waals surface area contributed by atoms with Gasteiger partial charge in [-0.25, -0.2) is 0 Å². The Balaban J connectivity index is 2.72. The van der Waals surface area contributed by atoms with E-state index < -0.39 is 11.7 Å². The topological polar surface area (TPSA) is 47.3 Å². The van der Waals surface area contributed by atoms with Crippen LogP contribution in [0.25, 0.3) is 0 Å². The van der Waals surface area contributed by atoms with Crippen molar-refractivity contribution < 1.29 is 9.84 Å². The van der Waals surface area contributed by atoms with Crippen molar-refractivity contribution in [2.75, 3.05) is 7.11 Å². The lowest BCUT2D eigenvalue weighted by molar-refractivity contribution is -0.106. The molecule has 4 nitrogen and oxygen atoms in total. The van der Waals surface area contributed by atoms with Gasteiger partial charge in [-0.15, -0.1) is 0 Å². The van der Waals surface area contributed by atoms with Crippen LogP contribution >= 0.6 is 0 Å². The first-order valence-corrected chi connectivity index (χ1v) is 6.36. The second-order valence-corrected chi connectivity index (χ2v) is 4.40. The van der Waals surface area contributed by atoms with Gasteiger partial charge in [0.1, 0.15) is 0 Å². The van der Waals surface area contributed by atoms with E-state index in [1.54, 1.807) is 7.11 Å². The Labute approximate surface area is 104 Å². The van der Waals surface area contributed by atoms with E-state index in [1.807, 2.05) is 37.8 Å². The summed E-state index contributed by atoms with van der Waals surface area (Å²) in [6.07, 6.45) is 5.52. The molecular formula is C13H24N2O2. The molecule has 0 radical (unpaired) electrons. The normalized spacial score (nSPS) is 13.9. The fourth-order valence-corrected chi connectivity index (χ4v) is 2.24. The average molecular weight is 240 g/mol. The van der Waals surface area contributed by atoms with Crippen molar-refractivity contribution in [3.8, 4) is 0 Å². The molecule has 4 heteroatoms. The van der Waals surface area contributed by atoms with E-state index in [9.17, 15) is 5.11 Å². The zero-order valence-corrected chi connectivity index (χ0v) is 11.3. The molecule has 0 fully saturated rings. The second kappa shape index (κ2) is 6.17. The van der Waals surface area contributed by atoms with Crippen molar-refractivity contribution in [3.63, 3.8) is 0 Å². The molecule has 1 heterocycles. The highest BCUT2D eigenvalue weighted by molar-refractivity contribution is 5.07. The summed E-state index contributed by atoms with van der Waals surface area (Å²) in [7, 11) is 1.67. The molecular weight excluding hydrogens is 216 g/mol. The Kier molecular flexibility index (Phi) is 5.15. The standard InChI is InChI=1S/C13H24N2O2/c1-5-13(6-2,17-4)12(16)8-11-9-14-15(7-3)10-11/h9-10,12,16H,5-8H2,1-4H3. The smallest absolute Gasteiger partial charge is 0.0934 e. The average Bonchev–Trinajstić information content (AvgIpc) is 2.80. The van der Waals surface area contributed by atoms with Crippen LogP contribution in [0.1, 0.15) is 39.2 Å². The van der Waals surface area contributed by atoms with Crippen LogP contribution in [0.3, 0.4) is 0 Å². The van der Waals surface area contributed by atoms with Crippen LogP contribution < -0.4 is 0 Å². The van der Waals surface area contributed by atoms with Crippen LogP contribution in [0.4, 0.5) is 0 Å². The molecule has 1 N–H and O–H groups in total. The van der Waals surface area contributed by atoms with Gasteiger partial charge in [-0.05, 0) is 25.3 Å². The predicted octanol–water partition coefficient (Wildman–Crippen LogP) is 2.01. The van der Waals surface area contributed by atoms with Gasteiger partial charge in [0.05, 0.1) is 17.9 Å². The number of nitrogens with zero attached hydrogens (tertiary/aromatic N) is 2. The molecule has 1 rings (SSSR count). The van der Waals surface area contributed by atoms with Gasteiger partial charge in [0.2, 0.25) is 0 Å². The third kappa shape index (κ3) is 3.07. The highest BCUT2D eigenvalue weighted by atomic mass is 16.5. The largest absolute Gasteiger partial charge is 0.390 e. The van der Waals surface area contributed by atoms with E-state index in [4.69, 9.17) is 4.74 Å². The van der Waals surface area contributed by atoms with E-state index in [1.165, 1.54) is 0 Å². The molecule has 98 valence electrons. The number of methoxy groups -OCH3 is 1. The van der Waals surface area contributed by atoms with Crippen LogP contribution in [-0.4, -0.2) is 33.7 Å². The quantitative estimate of drug-likeness (QED) is 0.793. The number of hydrogen-bond acceptors (Lipinski definition) is 3. The van der Waals surface area contributed by atoms with Crippen LogP contribution in [0.15, 0.2) is 12.4 Å². The molecule has 0 amide bonds. The second-order valence-electron chi connectivity index (χ2n) is 4.40. The van der Waals surface area contributed by atoms with E-state index >= 15 is 0 Å². The molecule has 0 aromatic carbocycles. The number of aliphatic hydroxyl groups excluding tert-OH is 1. The van der Waals surface area contributed by atoms with Crippen LogP contribution in [0.2, 0.25) is 0 Å². The van der Waals surface area contributed by atoms with E-state index in [0.717, 1.165) is 24.9 Å². The predicted molar refractivity (Wildman–Crippen MR) is 67.9 cm³/mol. The van der Waals surface area contributed by atoms with Crippen LogP contribution in [0.5, 0.6) is 0 Å². The summed E-state index contributed by atoms with van der Waals surface area (Å²) in [5.41, 5.74) is 0.622. The van der Waals surface area contributed by atoms with Crippen LogP contribution in [-0.2, 0) is 17.7 Å². The van der Waals surface area contributed by atoms with Crippen LogP contribution in [0, 0.1) is 0 Å². The first-order chi connectivity index (χ1) is 8.11. The van der Waals surface area contributed by atoms with E-state index in [0.29, 0.717) is 6.42 Å². The molecule has 0 saturated heterocycles. The minimum atomic E-state index is -0.489. The number of aryl methyl sites for hydroxylation is 1. The zero-order valence-electron chi connectivity index (χ0n) is 11.3. The van der Waals surface area contributed by atoms with E-state index in [2.05, 4.69) is 5.10 Å². The van der Waals surface area contributed by atoms with Crippen molar-refractivity contribution in [3.05, 3.63) is 18.0 Å². The number of hydrogen-bond donors (Lipinski definition) is 1. The molecule has 17 heavy (non-hydrogen) atoms. The van der Waals surface area contributed by atoms with Gasteiger partial charge < -0.3 is 9.84 Å². The molecule has 1 atom stereocenters. The zero-order chi connectivity index (χ0) is 12.9. The number of ether oxygens (including phenoxy) is 1. The third-order valence-electron chi connectivity index (χ3n) is 3.65. The molecule has 0 aliphatic rings. The molecule has 1 unspecified atom stereocenters. The summed E-state index contributed by atoms with van der Waals surface area (Å²) in [4.78, 5) is 0. The highest BCUT2D eigenvalue weighted by Gasteiger charge is 2.34. The minimum Gasteiger partial charge on any atom is -0.390 e. The first kappa shape index (κ1) is 14.2. The Morgan fingerprint density at radius 2 is 2.06 bits per heavy atom. The van der Waals surface area contributed by atoms with Crippen molar-refractivity contribution in [1.29, 1.82) is 0 Å². The molecule has 1 aromatic heterocycles. The lowest BCUT2D eigenvalue weighted by Gasteiger charge is -2.35. The monoisotopic (exact) mass is 240 g/mol. The van der Waals surface area contributed by atoms with Gasteiger partial charge in [0.15, 0.2) is 0 Å². The van der Waals surface area contributed by atoms with Crippen molar-refractivity contribution in [2.45, 2.75) is 58.3 Å². The summed E-state index contributed by atoms with van der Waals surface area (Å²) in [6, 6.07) is 0. The Morgan fingerprint density at radius 3 is 2.47 bits per heavy atom. The number of aliphatic hydroxyl groups is 1. The van der Waals surface area contributed by atoms with Gasteiger partial charge >= 0.3 is 0 Å². The lowest BCUT2D eigenvalue weighted by atomic mass is 9.87. The van der Waals surface area contributed by atoms with Gasteiger partial charge in [-0.2, -0.15) is 5.10 Å². The van der Waals surface area contributed by atoms with Gasteiger partial charge in [0.25, 0.3) is 0 Å². The Hall–Kier alpha value is -0.870.